The number of unbranched alkanes of at least 4 members (excludes halogenated alkanes) is 8. The molecule has 0 saturated heterocycles. The number of carboxylic acids is 1. The molecule has 0 amide bonds. The lowest BCUT2D eigenvalue weighted by molar-refractivity contribution is -0.305. The third kappa shape index (κ3) is 15.3. The maximum Gasteiger partial charge on any atom is 0.129 e. The van der Waals surface area contributed by atoms with Crippen molar-refractivity contribution < 1.29 is 20.0 Å². The van der Waals surface area contributed by atoms with Gasteiger partial charge >= 0.3 is 0 Å². The molecular formula is C18H31O4-. The number of carbonyl (C=O) groups excluding carboxylic acids is 1. The normalized spacial score (nSPS) is 13.2. The van der Waals surface area contributed by atoms with Crippen LogP contribution in [0, 0.1) is 0 Å². The van der Waals surface area contributed by atoms with Crippen molar-refractivity contribution in [2.45, 2.75) is 83.7 Å². The predicted octanol–water partition coefficient (Wildman–Crippen LogP) is 4.02. The van der Waals surface area contributed by atoms with Crippen LogP contribution in [0.1, 0.15) is 77.6 Å². The van der Waals surface area contributed by atoms with Crippen molar-refractivity contribution >= 4 is 5.97 Å². The fourth-order valence-electron chi connectivity index (χ4n) is 2.17. The monoisotopic (exact) mass is 311 g/mol. The number of aliphatic carboxylic acids is 1. The second-order valence-corrected chi connectivity index (χ2v) is 5.60. The van der Waals surface area contributed by atoms with Crippen molar-refractivity contribution in [3.8, 4) is 0 Å². The molecule has 0 aromatic carbocycles. The molecule has 0 aromatic rings. The molecule has 0 bridgehead atoms. The van der Waals surface area contributed by atoms with Crippen molar-refractivity contribution in [1.29, 1.82) is 0 Å². The Balaban J connectivity index is 3.56. The number of allylic oxidation sites excluding steroid dienone is 2. The summed E-state index contributed by atoms with van der Waals surface area (Å²) in [4.78, 5) is 14.6. The molecule has 0 unspecified atom stereocenters. The van der Waals surface area contributed by atoms with Gasteiger partial charge in [-0.1, -0.05) is 63.3 Å². The summed E-state index contributed by atoms with van der Waals surface area (Å²) < 4.78 is 0. The highest BCUT2D eigenvalue weighted by atomic mass is 17.1. The molecule has 0 spiro atoms. The highest BCUT2D eigenvalue weighted by molar-refractivity contribution is 5.63. The number of carboxylic acid groups (broad SMARTS) is 1. The molecule has 0 aliphatic rings. The van der Waals surface area contributed by atoms with Gasteiger partial charge in [-0.2, -0.15) is 0 Å². The van der Waals surface area contributed by atoms with Gasteiger partial charge in [0.25, 0.3) is 0 Å². The Morgan fingerprint density at radius 3 is 2.09 bits per heavy atom. The molecule has 0 aliphatic carbocycles. The summed E-state index contributed by atoms with van der Waals surface area (Å²) in [6, 6.07) is 0. The van der Waals surface area contributed by atoms with Crippen molar-refractivity contribution in [2.24, 2.45) is 0 Å². The number of carbonyl (C=O) groups is 1. The van der Waals surface area contributed by atoms with Gasteiger partial charge in [0, 0.05) is 5.97 Å². The minimum absolute atomic E-state index is 0.167. The lowest BCUT2D eigenvalue weighted by Crippen LogP contribution is -2.21. The highest BCUT2D eigenvalue weighted by Gasteiger charge is 1.97. The van der Waals surface area contributed by atoms with E-state index in [4.69, 9.17) is 5.26 Å². The number of hydrogen-bond donors (Lipinski definition) is 1. The SMILES string of the molecule is CCCCC/C=C\[C@@H](/C=C\CCCCCCCC(=O)[O-])OO. The first-order valence-electron chi connectivity index (χ1n) is 8.54. The van der Waals surface area contributed by atoms with E-state index < -0.39 is 5.97 Å². The molecule has 0 radical (unpaired) electrons. The quantitative estimate of drug-likeness (QED) is 0.215. The third-order valence-corrected chi connectivity index (χ3v) is 3.50. The summed E-state index contributed by atoms with van der Waals surface area (Å²) in [6.45, 7) is 2.18. The molecule has 0 rings (SSSR count). The number of hydrogen-bond acceptors (Lipinski definition) is 4. The lowest BCUT2D eigenvalue weighted by atomic mass is 10.1. The second-order valence-electron chi connectivity index (χ2n) is 5.60. The fourth-order valence-corrected chi connectivity index (χ4v) is 2.17. The average Bonchev–Trinajstić information content (AvgIpc) is 2.50. The first-order valence-corrected chi connectivity index (χ1v) is 8.54. The van der Waals surface area contributed by atoms with Gasteiger partial charge in [-0.25, -0.2) is 4.89 Å². The predicted molar refractivity (Wildman–Crippen MR) is 87.2 cm³/mol. The minimum atomic E-state index is -0.958. The Hall–Kier alpha value is -1.13. The van der Waals surface area contributed by atoms with E-state index in [0.29, 0.717) is 6.42 Å². The number of rotatable bonds is 15. The van der Waals surface area contributed by atoms with E-state index in [1.807, 2.05) is 18.2 Å². The summed E-state index contributed by atoms with van der Waals surface area (Å²) in [5.74, 6) is -0.958. The van der Waals surface area contributed by atoms with Gasteiger partial charge in [0.1, 0.15) is 6.10 Å². The van der Waals surface area contributed by atoms with Gasteiger partial charge in [-0.15, -0.1) is 0 Å². The van der Waals surface area contributed by atoms with Crippen LogP contribution in [-0.2, 0) is 9.68 Å². The van der Waals surface area contributed by atoms with E-state index in [1.54, 1.807) is 0 Å². The highest BCUT2D eigenvalue weighted by Crippen LogP contribution is 2.08. The Morgan fingerprint density at radius 2 is 1.55 bits per heavy atom. The van der Waals surface area contributed by atoms with E-state index >= 15 is 0 Å². The van der Waals surface area contributed by atoms with E-state index in [-0.39, 0.29) is 12.5 Å². The van der Waals surface area contributed by atoms with E-state index in [1.165, 1.54) is 19.3 Å². The molecule has 1 atom stereocenters. The zero-order chi connectivity index (χ0) is 16.5. The Labute approximate surface area is 134 Å². The van der Waals surface area contributed by atoms with Gasteiger partial charge in [0.15, 0.2) is 0 Å². The van der Waals surface area contributed by atoms with Gasteiger partial charge in [0.2, 0.25) is 0 Å². The summed E-state index contributed by atoms with van der Waals surface area (Å²) in [5.41, 5.74) is 0. The van der Waals surface area contributed by atoms with Crippen LogP contribution in [0.5, 0.6) is 0 Å². The molecule has 0 saturated carbocycles. The topological polar surface area (TPSA) is 69.6 Å². The minimum Gasteiger partial charge on any atom is -0.550 e. The Morgan fingerprint density at radius 1 is 1.00 bits per heavy atom. The van der Waals surface area contributed by atoms with Crippen LogP contribution in [-0.4, -0.2) is 17.3 Å². The summed E-state index contributed by atoms with van der Waals surface area (Å²) >= 11 is 0. The molecule has 0 aromatic heterocycles. The van der Waals surface area contributed by atoms with Gasteiger partial charge in [-0.05, 0) is 38.5 Å². The third-order valence-electron chi connectivity index (χ3n) is 3.50. The zero-order valence-electron chi connectivity index (χ0n) is 13.8. The molecular weight excluding hydrogens is 280 g/mol. The maximum atomic E-state index is 10.2. The van der Waals surface area contributed by atoms with Crippen molar-refractivity contribution in [1.82, 2.24) is 0 Å². The fraction of sp³-hybridized carbons (Fsp3) is 0.722. The molecule has 0 aliphatic heterocycles. The molecule has 0 heterocycles. The summed E-state index contributed by atoms with van der Waals surface area (Å²) in [7, 11) is 0. The second kappa shape index (κ2) is 16.2. The molecule has 0 fully saturated rings. The van der Waals surface area contributed by atoms with Crippen LogP contribution in [0.15, 0.2) is 24.3 Å². The van der Waals surface area contributed by atoms with Gasteiger partial charge in [0.05, 0.1) is 0 Å². The van der Waals surface area contributed by atoms with Crippen LogP contribution in [0.4, 0.5) is 0 Å². The summed E-state index contributed by atoms with van der Waals surface area (Å²) in [5, 5.41) is 19.1. The molecule has 1 N–H and O–H groups in total. The summed E-state index contributed by atoms with van der Waals surface area (Å²) in [6.07, 6.45) is 18.1. The molecule has 4 heteroatoms. The lowest BCUT2D eigenvalue weighted by Gasteiger charge is -2.03. The van der Waals surface area contributed by atoms with Crippen molar-refractivity contribution in [3.05, 3.63) is 24.3 Å². The smallest absolute Gasteiger partial charge is 0.129 e. The maximum absolute atomic E-state index is 10.2. The zero-order valence-corrected chi connectivity index (χ0v) is 13.8. The van der Waals surface area contributed by atoms with Crippen LogP contribution < -0.4 is 5.11 Å². The van der Waals surface area contributed by atoms with Crippen molar-refractivity contribution in [2.75, 3.05) is 0 Å². The Kier molecular flexibility index (Phi) is 15.4. The van der Waals surface area contributed by atoms with Crippen LogP contribution in [0.25, 0.3) is 0 Å². The van der Waals surface area contributed by atoms with E-state index in [0.717, 1.165) is 38.5 Å². The largest absolute Gasteiger partial charge is 0.550 e. The first-order chi connectivity index (χ1) is 10.7. The van der Waals surface area contributed by atoms with E-state index in [2.05, 4.69) is 17.9 Å². The van der Waals surface area contributed by atoms with Gasteiger partial charge in [-0.3, -0.25) is 5.26 Å². The van der Waals surface area contributed by atoms with Gasteiger partial charge < -0.3 is 9.90 Å². The molecule has 22 heavy (non-hydrogen) atoms. The molecule has 4 nitrogen and oxygen atoms in total. The molecule has 128 valence electrons. The van der Waals surface area contributed by atoms with E-state index in [9.17, 15) is 9.90 Å². The Bertz CT molecular complexity index is 310. The van der Waals surface area contributed by atoms with Crippen LogP contribution in [0.2, 0.25) is 0 Å². The van der Waals surface area contributed by atoms with Crippen LogP contribution >= 0.6 is 0 Å². The van der Waals surface area contributed by atoms with Crippen molar-refractivity contribution in [3.63, 3.8) is 0 Å². The average molecular weight is 311 g/mol. The standard InChI is InChI=1S/C18H32O4/c1-2-3-4-8-11-14-17(22-21)15-12-9-6-5-7-10-13-16-18(19)20/h11-12,14-15,17,21H,2-10,13,16H2,1H3,(H,19,20)/p-1/b14-11-,15-12-/t17-/m0/s1. The first kappa shape index (κ1) is 20.9. The van der Waals surface area contributed by atoms with Crippen LogP contribution in [0.3, 0.4) is 0 Å².